The maximum Gasteiger partial charge on any atom is 0.326 e. The number of rotatable bonds is 7. The highest BCUT2D eigenvalue weighted by Crippen LogP contribution is 2.25. The number of carbonyl (C=O) groups is 2. The smallest absolute Gasteiger partial charge is 0.326 e. The Morgan fingerprint density at radius 3 is 2.62 bits per heavy atom. The Balaban J connectivity index is 2.02. The Labute approximate surface area is 190 Å². The third-order valence-corrected chi connectivity index (χ3v) is 7.22. The summed E-state index contributed by atoms with van der Waals surface area (Å²) in [5, 5.41) is 10.7. The number of carbonyl (C=O) groups excluding carboxylic acids is 2. The van der Waals surface area contributed by atoms with Gasteiger partial charge < -0.3 is 9.30 Å². The summed E-state index contributed by atoms with van der Waals surface area (Å²) in [7, 11) is -3.45. The molecule has 0 unspecified atom stereocenters. The number of thiophene rings is 1. The van der Waals surface area contributed by atoms with Crippen molar-refractivity contribution in [3.63, 3.8) is 0 Å². The minimum absolute atomic E-state index is 0.0486. The van der Waals surface area contributed by atoms with Crippen molar-refractivity contribution in [1.29, 1.82) is 0 Å². The molecule has 3 rings (SSSR count). The Morgan fingerprint density at radius 1 is 1.25 bits per heavy atom. The number of benzene rings is 1. The number of amides is 1. The van der Waals surface area contributed by atoms with Crippen LogP contribution in [0.2, 0.25) is 0 Å². The molecule has 1 aromatic carbocycles. The van der Waals surface area contributed by atoms with E-state index in [9.17, 15) is 28.1 Å². The van der Waals surface area contributed by atoms with Crippen LogP contribution in [0.1, 0.15) is 11.8 Å². The number of hydrogen-bond donors (Lipinski definition) is 0. The maximum atomic E-state index is 12.4. The predicted molar refractivity (Wildman–Crippen MR) is 120 cm³/mol. The number of thiazole rings is 1. The summed E-state index contributed by atoms with van der Waals surface area (Å²) in [6.07, 6.45) is 3.66. The number of hydrogen-bond acceptors (Lipinski definition) is 9. The first kappa shape index (κ1) is 23.5. The van der Waals surface area contributed by atoms with Gasteiger partial charge in [-0.15, -0.1) is 0 Å². The summed E-state index contributed by atoms with van der Waals surface area (Å²) in [6.45, 7) is 1.64. The van der Waals surface area contributed by atoms with Crippen molar-refractivity contribution in [3.05, 3.63) is 56.2 Å². The fourth-order valence-corrected chi connectivity index (χ4v) is 5.19. The van der Waals surface area contributed by atoms with Gasteiger partial charge in [-0.05, 0) is 37.3 Å². The van der Waals surface area contributed by atoms with Crippen molar-refractivity contribution in [1.82, 2.24) is 4.57 Å². The monoisotopic (exact) mass is 495 g/mol. The fraction of sp³-hybridized carbons (Fsp3) is 0.211. The maximum absolute atomic E-state index is 12.4. The molecule has 0 aliphatic carbocycles. The van der Waals surface area contributed by atoms with Gasteiger partial charge in [0, 0.05) is 23.3 Å². The number of nitro groups is 1. The molecule has 0 bridgehead atoms. The molecule has 13 heteroatoms. The molecule has 0 aliphatic heterocycles. The van der Waals surface area contributed by atoms with E-state index >= 15 is 0 Å². The van der Waals surface area contributed by atoms with Crippen molar-refractivity contribution >= 4 is 65.7 Å². The first-order chi connectivity index (χ1) is 15.1. The summed E-state index contributed by atoms with van der Waals surface area (Å²) in [4.78, 5) is 39.5. The molecule has 32 heavy (non-hydrogen) atoms. The number of ether oxygens (including phenoxy) is 1. The number of aromatic nitrogens is 1. The van der Waals surface area contributed by atoms with Gasteiger partial charge in [-0.1, -0.05) is 22.7 Å². The Morgan fingerprint density at radius 2 is 2.00 bits per heavy atom. The normalized spacial score (nSPS) is 12.5. The van der Waals surface area contributed by atoms with Crippen LogP contribution in [0.4, 0.5) is 5.00 Å². The van der Waals surface area contributed by atoms with E-state index in [1.807, 2.05) is 0 Å². The zero-order valence-corrected chi connectivity index (χ0v) is 19.3. The zero-order chi connectivity index (χ0) is 23.5. The Hall–Kier alpha value is -3.16. The second-order valence-electron chi connectivity index (χ2n) is 6.39. The third kappa shape index (κ3) is 5.55. The van der Waals surface area contributed by atoms with Gasteiger partial charge in [0.25, 0.3) is 5.91 Å². The van der Waals surface area contributed by atoms with Crippen molar-refractivity contribution < 1.29 is 27.7 Å². The molecule has 0 saturated heterocycles. The molecule has 0 N–H and O–H groups in total. The van der Waals surface area contributed by atoms with Crippen LogP contribution in [0.15, 0.2) is 46.3 Å². The van der Waals surface area contributed by atoms with Gasteiger partial charge >= 0.3 is 11.0 Å². The third-order valence-electron chi connectivity index (χ3n) is 4.06. The van der Waals surface area contributed by atoms with Gasteiger partial charge in [-0.3, -0.25) is 19.7 Å². The van der Waals surface area contributed by atoms with Gasteiger partial charge in [0.15, 0.2) is 14.6 Å². The minimum atomic E-state index is -3.45. The second kappa shape index (κ2) is 9.54. The van der Waals surface area contributed by atoms with Crippen molar-refractivity contribution in [2.75, 3.05) is 12.9 Å². The van der Waals surface area contributed by atoms with Crippen LogP contribution in [-0.2, 0) is 30.7 Å². The number of esters is 1. The molecule has 0 saturated carbocycles. The quantitative estimate of drug-likeness (QED) is 0.213. The van der Waals surface area contributed by atoms with E-state index in [1.54, 1.807) is 13.0 Å². The van der Waals surface area contributed by atoms with E-state index in [0.29, 0.717) is 15.1 Å². The minimum Gasteiger partial charge on any atom is -0.465 e. The van der Waals surface area contributed by atoms with Crippen LogP contribution in [-0.4, -0.2) is 42.6 Å². The Bertz CT molecular complexity index is 1410. The lowest BCUT2D eigenvalue weighted by Gasteiger charge is -2.05. The lowest BCUT2D eigenvalue weighted by molar-refractivity contribution is -0.380. The van der Waals surface area contributed by atoms with Gasteiger partial charge in [0.1, 0.15) is 6.54 Å². The first-order valence-corrected chi connectivity index (χ1v) is 12.6. The fourth-order valence-electron chi connectivity index (χ4n) is 2.67. The zero-order valence-electron chi connectivity index (χ0n) is 16.9. The van der Waals surface area contributed by atoms with E-state index in [2.05, 4.69) is 4.99 Å². The average molecular weight is 496 g/mol. The molecule has 3 aromatic rings. The van der Waals surface area contributed by atoms with Crippen LogP contribution in [0.5, 0.6) is 0 Å². The highest BCUT2D eigenvalue weighted by Gasteiger charge is 2.15. The molecule has 0 aliphatic rings. The summed E-state index contributed by atoms with van der Waals surface area (Å²) in [5.74, 6) is -1.18. The van der Waals surface area contributed by atoms with Crippen LogP contribution < -0.4 is 4.80 Å². The number of nitrogens with zero attached hydrogens (tertiary/aromatic N) is 3. The molecule has 2 heterocycles. The lowest BCUT2D eigenvalue weighted by atomic mass is 10.3. The van der Waals surface area contributed by atoms with Gasteiger partial charge in [0.05, 0.1) is 26.6 Å². The molecule has 168 valence electrons. The van der Waals surface area contributed by atoms with E-state index in [-0.39, 0.29) is 27.8 Å². The summed E-state index contributed by atoms with van der Waals surface area (Å²) >= 11 is 1.97. The van der Waals surface area contributed by atoms with Crippen molar-refractivity contribution in [2.24, 2.45) is 4.99 Å². The predicted octanol–water partition coefficient (Wildman–Crippen LogP) is 2.78. The van der Waals surface area contributed by atoms with Crippen molar-refractivity contribution in [2.45, 2.75) is 18.4 Å². The van der Waals surface area contributed by atoms with Gasteiger partial charge in [-0.2, -0.15) is 4.99 Å². The second-order valence-corrected chi connectivity index (χ2v) is 10.5. The van der Waals surface area contributed by atoms with E-state index in [1.165, 1.54) is 34.9 Å². The first-order valence-electron chi connectivity index (χ1n) is 9.08. The van der Waals surface area contributed by atoms with E-state index in [0.717, 1.165) is 35.0 Å². The van der Waals surface area contributed by atoms with Crippen molar-refractivity contribution in [3.8, 4) is 0 Å². The average Bonchev–Trinajstić information content (AvgIpc) is 3.31. The molecule has 2 aromatic heterocycles. The standard InChI is InChI=1S/C19H17N3O7S3/c1-3-29-18(24)11-21-14-7-6-13(32(2,27)28)10-15(14)31-19(21)20-16(23)8-4-12-5-9-17(30-12)22(25)26/h4-10H,3,11H2,1-2H3/b8-4-,20-19?. The number of sulfone groups is 1. The summed E-state index contributed by atoms with van der Waals surface area (Å²) < 4.78 is 30.7. The van der Waals surface area contributed by atoms with Gasteiger partial charge in [-0.25, -0.2) is 8.42 Å². The largest absolute Gasteiger partial charge is 0.465 e. The van der Waals surface area contributed by atoms with Gasteiger partial charge in [0.2, 0.25) is 0 Å². The lowest BCUT2D eigenvalue weighted by Crippen LogP contribution is -2.22. The molecule has 1 amide bonds. The SMILES string of the molecule is CCOC(=O)Cn1c(=NC(=O)/C=C\c2ccc([N+](=O)[O-])s2)sc2cc(S(C)(=O)=O)ccc21. The van der Waals surface area contributed by atoms with E-state index < -0.39 is 26.6 Å². The van der Waals surface area contributed by atoms with Crippen LogP contribution in [0, 0.1) is 10.1 Å². The topological polar surface area (TPSA) is 138 Å². The molecular weight excluding hydrogens is 478 g/mol. The molecule has 0 radical (unpaired) electrons. The molecular formula is C19H17N3O7S3. The summed E-state index contributed by atoms with van der Waals surface area (Å²) in [5.41, 5.74) is 0.528. The molecule has 10 nitrogen and oxygen atoms in total. The van der Waals surface area contributed by atoms with Crippen LogP contribution in [0.25, 0.3) is 16.3 Å². The van der Waals surface area contributed by atoms with Crippen LogP contribution >= 0.6 is 22.7 Å². The number of fused-ring (bicyclic) bond motifs is 1. The Kier molecular flexibility index (Phi) is 7.01. The highest BCUT2D eigenvalue weighted by molar-refractivity contribution is 7.90. The highest BCUT2D eigenvalue weighted by atomic mass is 32.2. The van der Waals surface area contributed by atoms with Crippen LogP contribution in [0.3, 0.4) is 0 Å². The van der Waals surface area contributed by atoms with E-state index in [4.69, 9.17) is 4.74 Å². The summed E-state index contributed by atoms with van der Waals surface area (Å²) in [6, 6.07) is 7.28. The molecule has 0 fully saturated rings. The molecule has 0 spiro atoms. The molecule has 0 atom stereocenters.